The quantitative estimate of drug-likeness (QED) is 0.381. The van der Waals surface area contributed by atoms with Crippen LogP contribution in [0, 0.1) is 0 Å². The Hall–Kier alpha value is -1.63. The van der Waals surface area contributed by atoms with Crippen LogP contribution in [0.2, 0.25) is 0 Å². The molecule has 0 saturated carbocycles. The molecule has 136 valence electrons. The van der Waals surface area contributed by atoms with Crippen LogP contribution in [0.15, 0.2) is 0 Å². The van der Waals surface area contributed by atoms with Crippen molar-refractivity contribution in [2.24, 2.45) is 0 Å². The van der Waals surface area contributed by atoms with Crippen LogP contribution in [0.5, 0.6) is 0 Å². The Bertz CT molecular complexity index is 314. The van der Waals surface area contributed by atoms with Crippen LogP contribution < -0.4 is 0 Å². The molecule has 7 heteroatoms. The number of carbonyl (C=O) groups is 3. The number of hydrogen-bond donors (Lipinski definition) is 4. The first-order valence-electron chi connectivity index (χ1n) is 8.15. The summed E-state index contributed by atoms with van der Waals surface area (Å²) in [5.74, 6) is -3.25. The van der Waals surface area contributed by atoms with Crippen molar-refractivity contribution in [2.45, 2.75) is 83.7 Å². The third kappa shape index (κ3) is 22.8. The van der Waals surface area contributed by atoms with Crippen molar-refractivity contribution in [3.63, 3.8) is 0 Å². The van der Waals surface area contributed by atoms with Crippen molar-refractivity contribution in [1.29, 1.82) is 0 Å². The second-order valence-corrected chi connectivity index (χ2v) is 5.41. The van der Waals surface area contributed by atoms with Gasteiger partial charge in [0, 0.05) is 0 Å². The Balaban J connectivity index is 0. The number of carboxylic acids is 3. The van der Waals surface area contributed by atoms with E-state index in [2.05, 4.69) is 6.92 Å². The highest BCUT2D eigenvalue weighted by Crippen LogP contribution is 2.10. The van der Waals surface area contributed by atoms with E-state index in [1.165, 1.54) is 32.1 Å². The third-order valence-corrected chi connectivity index (χ3v) is 3.17. The fraction of sp³-hybridized carbons (Fsp3) is 0.812. The molecule has 0 radical (unpaired) electrons. The zero-order chi connectivity index (χ0) is 18.1. The lowest BCUT2D eigenvalue weighted by molar-refractivity contribution is -0.147. The van der Waals surface area contributed by atoms with Crippen molar-refractivity contribution in [2.75, 3.05) is 0 Å². The van der Waals surface area contributed by atoms with Gasteiger partial charge in [-0.15, -0.1) is 0 Å². The van der Waals surface area contributed by atoms with E-state index in [4.69, 9.17) is 20.4 Å². The predicted molar refractivity (Wildman–Crippen MR) is 85.4 cm³/mol. The molecule has 0 heterocycles. The van der Waals surface area contributed by atoms with Gasteiger partial charge in [0.25, 0.3) is 0 Å². The molecule has 0 saturated heterocycles. The summed E-state index contributed by atoms with van der Waals surface area (Å²) in [5.41, 5.74) is 0. The van der Waals surface area contributed by atoms with E-state index >= 15 is 0 Å². The average molecular weight is 334 g/mol. The van der Waals surface area contributed by atoms with Crippen LogP contribution in [-0.2, 0) is 14.4 Å². The van der Waals surface area contributed by atoms with Crippen molar-refractivity contribution in [3.05, 3.63) is 0 Å². The number of aliphatic hydroxyl groups is 1. The molecule has 0 bridgehead atoms. The number of carboxylic acid groups (broad SMARTS) is 3. The summed E-state index contributed by atoms with van der Waals surface area (Å²) < 4.78 is 0. The molecule has 0 aliphatic heterocycles. The molecule has 1 unspecified atom stereocenters. The first kappa shape index (κ1) is 23.6. The van der Waals surface area contributed by atoms with Crippen LogP contribution in [0.25, 0.3) is 0 Å². The van der Waals surface area contributed by atoms with Crippen LogP contribution >= 0.6 is 0 Å². The van der Waals surface area contributed by atoms with Gasteiger partial charge in [-0.05, 0) is 6.42 Å². The molecule has 0 aromatic carbocycles. The van der Waals surface area contributed by atoms with E-state index in [1.807, 2.05) is 0 Å². The molecule has 0 spiro atoms. The first-order valence-corrected chi connectivity index (χ1v) is 8.15. The minimum atomic E-state index is -1.16. The minimum absolute atomic E-state index is 0.296. The molecular formula is C16H30O7. The SMILES string of the molecule is CCCCCCCCCCC(O)C(=O)O.O=C(O)CCC(=O)O. The normalized spacial score (nSPS) is 11.2. The number of aliphatic hydroxyl groups excluding tert-OH is 1. The first-order chi connectivity index (χ1) is 10.8. The maximum atomic E-state index is 10.3. The molecule has 0 fully saturated rings. The van der Waals surface area contributed by atoms with Gasteiger partial charge in [0.15, 0.2) is 6.10 Å². The van der Waals surface area contributed by atoms with Crippen molar-refractivity contribution < 1.29 is 34.8 Å². The molecule has 4 N–H and O–H groups in total. The Labute approximate surface area is 137 Å². The Morgan fingerprint density at radius 3 is 1.48 bits per heavy atom. The van der Waals surface area contributed by atoms with Gasteiger partial charge in [0.05, 0.1) is 12.8 Å². The van der Waals surface area contributed by atoms with Crippen molar-refractivity contribution in [3.8, 4) is 0 Å². The van der Waals surface area contributed by atoms with Crippen LogP contribution in [-0.4, -0.2) is 44.4 Å². The monoisotopic (exact) mass is 334 g/mol. The molecule has 0 aromatic rings. The lowest BCUT2D eigenvalue weighted by Crippen LogP contribution is -2.18. The van der Waals surface area contributed by atoms with Gasteiger partial charge in [-0.1, -0.05) is 58.3 Å². The summed E-state index contributed by atoms with van der Waals surface area (Å²) in [4.78, 5) is 29.6. The molecule has 23 heavy (non-hydrogen) atoms. The molecule has 7 nitrogen and oxygen atoms in total. The van der Waals surface area contributed by atoms with Gasteiger partial charge < -0.3 is 20.4 Å². The number of unbranched alkanes of at least 4 members (excludes halogenated alkanes) is 7. The Morgan fingerprint density at radius 1 is 0.739 bits per heavy atom. The molecule has 0 amide bonds. The molecule has 0 rings (SSSR count). The Kier molecular flexibility index (Phi) is 17.2. The van der Waals surface area contributed by atoms with Gasteiger partial charge in [-0.25, -0.2) is 4.79 Å². The highest BCUT2D eigenvalue weighted by Gasteiger charge is 2.11. The summed E-state index contributed by atoms with van der Waals surface area (Å²) >= 11 is 0. The average Bonchev–Trinajstić information content (AvgIpc) is 2.48. The number of rotatable bonds is 13. The van der Waals surface area contributed by atoms with Crippen LogP contribution in [0.4, 0.5) is 0 Å². The van der Waals surface area contributed by atoms with Crippen molar-refractivity contribution >= 4 is 17.9 Å². The lowest BCUT2D eigenvalue weighted by Gasteiger charge is -2.04. The molecule has 0 aliphatic rings. The topological polar surface area (TPSA) is 132 Å². The van der Waals surface area contributed by atoms with Gasteiger partial charge in [0.1, 0.15) is 0 Å². The Morgan fingerprint density at radius 2 is 1.13 bits per heavy atom. The number of aliphatic carboxylic acids is 3. The summed E-state index contributed by atoms with van der Waals surface area (Å²) in [6, 6.07) is 0. The zero-order valence-electron chi connectivity index (χ0n) is 13.9. The maximum Gasteiger partial charge on any atom is 0.332 e. The molecule has 1 atom stereocenters. The summed E-state index contributed by atoms with van der Waals surface area (Å²) in [6.45, 7) is 2.20. The zero-order valence-corrected chi connectivity index (χ0v) is 13.9. The second-order valence-electron chi connectivity index (χ2n) is 5.41. The summed E-state index contributed by atoms with van der Waals surface area (Å²) in [7, 11) is 0. The van der Waals surface area contributed by atoms with Crippen LogP contribution in [0.3, 0.4) is 0 Å². The van der Waals surface area contributed by atoms with Gasteiger partial charge in [-0.2, -0.15) is 0 Å². The molecular weight excluding hydrogens is 304 g/mol. The van der Waals surface area contributed by atoms with E-state index in [0.717, 1.165) is 19.3 Å². The summed E-state index contributed by atoms with van der Waals surface area (Å²) in [5, 5.41) is 33.2. The smallest absolute Gasteiger partial charge is 0.332 e. The van der Waals surface area contributed by atoms with E-state index in [9.17, 15) is 14.4 Å². The van der Waals surface area contributed by atoms with Gasteiger partial charge in [0.2, 0.25) is 0 Å². The lowest BCUT2D eigenvalue weighted by atomic mass is 10.1. The minimum Gasteiger partial charge on any atom is -0.481 e. The van der Waals surface area contributed by atoms with Crippen LogP contribution in [0.1, 0.15) is 77.6 Å². The molecule has 0 aliphatic carbocycles. The fourth-order valence-electron chi connectivity index (χ4n) is 1.81. The van der Waals surface area contributed by atoms with E-state index in [1.54, 1.807) is 0 Å². The van der Waals surface area contributed by atoms with E-state index in [-0.39, 0.29) is 12.8 Å². The largest absolute Gasteiger partial charge is 0.481 e. The summed E-state index contributed by atoms with van der Waals surface area (Å²) in [6.07, 6.45) is 8.09. The standard InChI is InChI=1S/C12H24O3.C4H6O4/c1-2-3-4-5-6-7-8-9-10-11(13)12(14)15;5-3(6)1-2-4(7)8/h11,13H,2-10H2,1H3,(H,14,15);1-2H2,(H,5,6)(H,7,8). The van der Waals surface area contributed by atoms with E-state index < -0.39 is 24.0 Å². The molecule has 0 aromatic heterocycles. The van der Waals surface area contributed by atoms with E-state index in [0.29, 0.717) is 6.42 Å². The second kappa shape index (κ2) is 16.7. The maximum absolute atomic E-state index is 10.3. The highest BCUT2D eigenvalue weighted by molar-refractivity contribution is 5.75. The number of hydrogen-bond acceptors (Lipinski definition) is 4. The highest BCUT2D eigenvalue weighted by atomic mass is 16.4. The van der Waals surface area contributed by atoms with Gasteiger partial charge in [-0.3, -0.25) is 9.59 Å². The predicted octanol–water partition coefficient (Wildman–Crippen LogP) is 2.90. The third-order valence-electron chi connectivity index (χ3n) is 3.17. The van der Waals surface area contributed by atoms with Crippen molar-refractivity contribution in [1.82, 2.24) is 0 Å². The fourth-order valence-corrected chi connectivity index (χ4v) is 1.81. The van der Waals surface area contributed by atoms with Gasteiger partial charge >= 0.3 is 17.9 Å².